The maximum atomic E-state index is 13.7. The highest BCUT2D eigenvalue weighted by molar-refractivity contribution is 5.46. The van der Waals surface area contributed by atoms with Crippen LogP contribution in [0.5, 0.6) is 5.75 Å². The van der Waals surface area contributed by atoms with Crippen LogP contribution in [0, 0.1) is 23.7 Å². The van der Waals surface area contributed by atoms with Crippen LogP contribution in [-0.2, 0) is 6.42 Å². The van der Waals surface area contributed by atoms with Crippen molar-refractivity contribution in [2.24, 2.45) is 0 Å². The number of methoxy groups -OCH3 is 1. The Bertz CT molecular complexity index is 855. The Morgan fingerprint density at radius 1 is 0.840 bits per heavy atom. The van der Waals surface area contributed by atoms with E-state index in [1.54, 1.807) is 43.5 Å². The third-order valence-corrected chi connectivity index (χ3v) is 3.41. The van der Waals surface area contributed by atoms with Crippen LogP contribution in [0.4, 0.5) is 8.78 Å². The van der Waals surface area contributed by atoms with E-state index in [1.165, 1.54) is 5.56 Å². The molecule has 0 aliphatic carbocycles. The molecule has 3 heteroatoms. The van der Waals surface area contributed by atoms with E-state index in [9.17, 15) is 8.78 Å². The lowest BCUT2D eigenvalue weighted by molar-refractivity contribution is 0.415. The number of rotatable bonds is 3. The number of ether oxygens (including phenoxy) is 1. The number of benzene rings is 2. The van der Waals surface area contributed by atoms with Crippen molar-refractivity contribution in [3.05, 3.63) is 76.9 Å². The zero-order valence-electron chi connectivity index (χ0n) is 14.2. The van der Waals surface area contributed by atoms with Gasteiger partial charge in [-0.2, -0.15) is 8.78 Å². The van der Waals surface area contributed by atoms with Gasteiger partial charge in [0.15, 0.2) is 0 Å². The van der Waals surface area contributed by atoms with Crippen LogP contribution in [0.25, 0.3) is 0 Å². The Morgan fingerprint density at radius 2 is 1.32 bits per heavy atom. The zero-order valence-corrected chi connectivity index (χ0v) is 14.2. The normalized spacial score (nSPS) is 10.7. The lowest BCUT2D eigenvalue weighted by Crippen LogP contribution is -1.83. The second-order valence-electron chi connectivity index (χ2n) is 5.30. The van der Waals surface area contributed by atoms with Crippen LogP contribution in [0.15, 0.2) is 60.2 Å². The summed E-state index contributed by atoms with van der Waals surface area (Å²) in [5, 5.41) is 0. The maximum absolute atomic E-state index is 13.7. The summed E-state index contributed by atoms with van der Waals surface area (Å²) in [6, 6.07) is 14.2. The van der Waals surface area contributed by atoms with Crippen LogP contribution in [0.1, 0.15) is 30.0 Å². The first-order valence-corrected chi connectivity index (χ1v) is 7.94. The summed E-state index contributed by atoms with van der Waals surface area (Å²) in [5.74, 6) is 7.79. The molecule has 0 N–H and O–H groups in total. The van der Waals surface area contributed by atoms with Gasteiger partial charge in [-0.1, -0.05) is 37.3 Å². The van der Waals surface area contributed by atoms with Crippen molar-refractivity contribution in [3.63, 3.8) is 0 Å². The molecule has 0 unspecified atom stereocenters. The topological polar surface area (TPSA) is 9.23 Å². The average Bonchev–Trinajstić information content (AvgIpc) is 2.66. The van der Waals surface area contributed by atoms with Crippen molar-refractivity contribution in [2.75, 3.05) is 7.11 Å². The Morgan fingerprint density at radius 3 is 1.76 bits per heavy atom. The zero-order chi connectivity index (χ0) is 18.1. The van der Waals surface area contributed by atoms with Gasteiger partial charge in [0.05, 0.1) is 7.11 Å². The Balaban J connectivity index is 2.10. The summed E-state index contributed by atoms with van der Waals surface area (Å²) in [6.45, 7) is 2.10. The summed E-state index contributed by atoms with van der Waals surface area (Å²) in [4.78, 5) is 0. The van der Waals surface area contributed by atoms with Gasteiger partial charge >= 0.3 is 0 Å². The fourth-order valence-corrected chi connectivity index (χ4v) is 2.08. The van der Waals surface area contributed by atoms with Crippen LogP contribution in [-0.4, -0.2) is 7.11 Å². The van der Waals surface area contributed by atoms with Crippen molar-refractivity contribution >= 4 is 0 Å². The van der Waals surface area contributed by atoms with Gasteiger partial charge < -0.3 is 4.74 Å². The van der Waals surface area contributed by atoms with Crippen molar-refractivity contribution in [1.29, 1.82) is 0 Å². The van der Waals surface area contributed by atoms with Gasteiger partial charge in [0, 0.05) is 11.1 Å². The van der Waals surface area contributed by atoms with Gasteiger partial charge in [-0.15, -0.1) is 0 Å². The fraction of sp³-hybridized carbons (Fsp3) is 0.182. The highest BCUT2D eigenvalue weighted by Crippen LogP contribution is 2.12. The SMILES string of the molecule is CCCc1ccc(C#C/C(F)=C(\F)C#Cc2ccc(OC)cc2)cc1. The molecule has 0 aliphatic heterocycles. The minimum atomic E-state index is -1.18. The van der Waals surface area contributed by atoms with E-state index in [0.29, 0.717) is 16.9 Å². The van der Waals surface area contributed by atoms with E-state index in [-0.39, 0.29) is 0 Å². The lowest BCUT2D eigenvalue weighted by atomic mass is 10.1. The quantitative estimate of drug-likeness (QED) is 0.700. The minimum absolute atomic E-state index is 0.559. The van der Waals surface area contributed by atoms with E-state index in [4.69, 9.17) is 4.74 Å². The third kappa shape index (κ3) is 5.83. The molecule has 0 amide bonds. The van der Waals surface area contributed by atoms with Gasteiger partial charge in [-0.25, -0.2) is 0 Å². The smallest absolute Gasteiger partial charge is 0.217 e. The van der Waals surface area contributed by atoms with E-state index >= 15 is 0 Å². The number of hydrogen-bond acceptors (Lipinski definition) is 1. The molecule has 25 heavy (non-hydrogen) atoms. The van der Waals surface area contributed by atoms with Crippen LogP contribution >= 0.6 is 0 Å². The monoisotopic (exact) mass is 336 g/mol. The second-order valence-corrected chi connectivity index (χ2v) is 5.30. The van der Waals surface area contributed by atoms with Crippen LogP contribution < -0.4 is 4.74 Å². The van der Waals surface area contributed by atoms with Crippen molar-refractivity contribution in [2.45, 2.75) is 19.8 Å². The fourth-order valence-electron chi connectivity index (χ4n) is 2.08. The number of halogens is 2. The van der Waals surface area contributed by atoms with E-state index in [2.05, 4.69) is 30.6 Å². The molecular formula is C22H18F2O. The summed E-state index contributed by atoms with van der Waals surface area (Å²) in [6.07, 6.45) is 2.04. The molecule has 126 valence electrons. The third-order valence-electron chi connectivity index (χ3n) is 3.41. The van der Waals surface area contributed by atoms with Crippen molar-refractivity contribution in [1.82, 2.24) is 0 Å². The standard InChI is InChI=1S/C22H18F2O/c1-3-4-17-5-7-18(8-6-17)11-15-21(23)22(24)16-12-19-9-13-20(25-2)14-10-19/h5-10,13-14H,3-4H2,1-2H3/b22-21+. The van der Waals surface area contributed by atoms with Gasteiger partial charge in [-0.3, -0.25) is 0 Å². The first kappa shape index (κ1) is 18.3. The summed E-state index contributed by atoms with van der Waals surface area (Å²) in [7, 11) is 1.55. The molecule has 0 bridgehead atoms. The summed E-state index contributed by atoms with van der Waals surface area (Å²) < 4.78 is 32.4. The molecule has 2 aromatic rings. The second kappa shape index (κ2) is 9.30. The van der Waals surface area contributed by atoms with E-state index in [1.807, 2.05) is 12.1 Å². The first-order chi connectivity index (χ1) is 12.1. The minimum Gasteiger partial charge on any atom is -0.497 e. The Kier molecular flexibility index (Phi) is 6.81. The number of allylic oxidation sites excluding steroid dienone is 2. The van der Waals surface area contributed by atoms with Gasteiger partial charge in [0.2, 0.25) is 11.7 Å². The molecule has 0 atom stereocenters. The Hall–Kier alpha value is -3.04. The van der Waals surface area contributed by atoms with Crippen LogP contribution in [0.3, 0.4) is 0 Å². The molecule has 0 aromatic heterocycles. The largest absolute Gasteiger partial charge is 0.497 e. The highest BCUT2D eigenvalue weighted by atomic mass is 19.2. The summed E-state index contributed by atoms with van der Waals surface area (Å²) >= 11 is 0. The van der Waals surface area contributed by atoms with Gasteiger partial charge in [0.25, 0.3) is 0 Å². The Labute approximate surface area is 147 Å². The molecule has 1 nitrogen and oxygen atoms in total. The molecular weight excluding hydrogens is 318 g/mol. The molecule has 0 saturated heterocycles. The molecule has 0 fully saturated rings. The van der Waals surface area contributed by atoms with Gasteiger partial charge in [0.1, 0.15) is 5.75 Å². The summed E-state index contributed by atoms with van der Waals surface area (Å²) in [5.41, 5.74) is 2.38. The average molecular weight is 336 g/mol. The lowest BCUT2D eigenvalue weighted by Gasteiger charge is -1.97. The molecule has 0 heterocycles. The van der Waals surface area contributed by atoms with E-state index < -0.39 is 11.7 Å². The molecule has 0 aliphatic rings. The first-order valence-electron chi connectivity index (χ1n) is 7.94. The molecule has 2 aromatic carbocycles. The molecule has 2 rings (SSSR count). The van der Waals surface area contributed by atoms with Crippen LogP contribution in [0.2, 0.25) is 0 Å². The number of aryl methyl sites for hydroxylation is 1. The maximum Gasteiger partial charge on any atom is 0.217 e. The highest BCUT2D eigenvalue weighted by Gasteiger charge is 1.99. The van der Waals surface area contributed by atoms with Gasteiger partial charge in [-0.05, 0) is 60.2 Å². The predicted molar refractivity (Wildman–Crippen MR) is 96.4 cm³/mol. The van der Waals surface area contributed by atoms with E-state index in [0.717, 1.165) is 12.8 Å². The van der Waals surface area contributed by atoms with Crippen molar-refractivity contribution in [3.8, 4) is 29.4 Å². The van der Waals surface area contributed by atoms with Crippen molar-refractivity contribution < 1.29 is 13.5 Å². The number of hydrogen-bond donors (Lipinski definition) is 0. The molecule has 0 spiro atoms. The molecule has 0 radical (unpaired) electrons. The molecule has 0 saturated carbocycles. The predicted octanol–water partition coefficient (Wildman–Crippen LogP) is 5.20.